The van der Waals surface area contributed by atoms with Crippen LogP contribution in [0.4, 0.5) is 5.82 Å². The van der Waals surface area contributed by atoms with Crippen LogP contribution < -0.4 is 10.5 Å². The third-order valence-electron chi connectivity index (χ3n) is 3.49. The molecule has 2 heterocycles. The van der Waals surface area contributed by atoms with Gasteiger partial charge in [-0.05, 0) is 69.4 Å². The van der Waals surface area contributed by atoms with Gasteiger partial charge in [0, 0.05) is 5.56 Å². The first-order chi connectivity index (χ1) is 12.2. The molecule has 140 valence electrons. The molecule has 1 fully saturated rings. The Morgan fingerprint density at radius 1 is 0.920 bits per heavy atom. The van der Waals surface area contributed by atoms with Crippen molar-refractivity contribution in [1.82, 2.24) is 9.88 Å². The zero-order chi connectivity index (χ0) is 19.1. The maximum atomic E-state index is 5.62. The molecule has 4 nitrogen and oxygen atoms in total. The number of nitrogens with two attached hydrogens (primary N) is 1. The Kier molecular flexibility index (Phi) is 13.1. The lowest BCUT2D eigenvalue weighted by Gasteiger charge is -2.03. The number of benzene rings is 1. The second-order valence-corrected chi connectivity index (χ2v) is 5.19. The smallest absolute Gasteiger partial charge is 0.124 e. The van der Waals surface area contributed by atoms with E-state index in [-0.39, 0.29) is 0 Å². The summed E-state index contributed by atoms with van der Waals surface area (Å²) in [5.74, 6) is 1.37. The molecule has 1 aliphatic heterocycles. The average Bonchev–Trinajstić information content (AvgIpc) is 3.16. The van der Waals surface area contributed by atoms with Gasteiger partial charge in [0.2, 0.25) is 0 Å². The number of methoxy groups -OCH3 is 1. The number of hydrogen-bond acceptors (Lipinski definition) is 4. The summed E-state index contributed by atoms with van der Waals surface area (Å²) in [4.78, 5) is 6.60. The first kappa shape index (κ1) is 22.9. The molecule has 3 rings (SSSR count). The quantitative estimate of drug-likeness (QED) is 0.822. The van der Waals surface area contributed by atoms with Crippen molar-refractivity contribution in [2.45, 2.75) is 40.5 Å². The first-order valence-corrected chi connectivity index (χ1v) is 9.24. The molecule has 0 spiro atoms. The molecule has 4 heteroatoms. The van der Waals surface area contributed by atoms with Crippen molar-refractivity contribution in [3.8, 4) is 17.0 Å². The second kappa shape index (κ2) is 14.3. The summed E-state index contributed by atoms with van der Waals surface area (Å²) in [6, 6.07) is 13.3. The highest BCUT2D eigenvalue weighted by Crippen LogP contribution is 2.20. The Balaban J connectivity index is 0.000000481. The summed E-state index contributed by atoms with van der Waals surface area (Å²) < 4.78 is 5.08. The van der Waals surface area contributed by atoms with Crippen LogP contribution in [0.1, 0.15) is 40.5 Å². The Hall–Kier alpha value is -2.07. The van der Waals surface area contributed by atoms with E-state index in [1.807, 2.05) is 64.1 Å². The van der Waals surface area contributed by atoms with Gasteiger partial charge in [-0.15, -0.1) is 0 Å². The molecule has 1 aliphatic rings. The van der Waals surface area contributed by atoms with Crippen LogP contribution in [0.15, 0.2) is 42.5 Å². The topological polar surface area (TPSA) is 51.4 Å². The molecule has 25 heavy (non-hydrogen) atoms. The zero-order valence-corrected chi connectivity index (χ0v) is 16.7. The normalized spacial score (nSPS) is 12.6. The van der Waals surface area contributed by atoms with Crippen LogP contribution >= 0.6 is 0 Å². The zero-order valence-electron chi connectivity index (χ0n) is 16.7. The molecule has 1 saturated heterocycles. The fourth-order valence-corrected chi connectivity index (χ4v) is 2.25. The molecule has 0 saturated carbocycles. The van der Waals surface area contributed by atoms with Crippen LogP contribution in [-0.4, -0.2) is 37.1 Å². The van der Waals surface area contributed by atoms with Gasteiger partial charge in [-0.3, -0.25) is 0 Å². The summed E-state index contributed by atoms with van der Waals surface area (Å²) >= 11 is 0. The van der Waals surface area contributed by atoms with Crippen molar-refractivity contribution in [1.29, 1.82) is 0 Å². The molecule has 1 aromatic carbocycles. The fraction of sp³-hybridized carbons (Fsp3) is 0.476. The van der Waals surface area contributed by atoms with E-state index in [4.69, 9.17) is 10.5 Å². The van der Waals surface area contributed by atoms with Crippen molar-refractivity contribution in [3.63, 3.8) is 0 Å². The van der Waals surface area contributed by atoms with Crippen LogP contribution in [0, 0.1) is 0 Å². The third kappa shape index (κ3) is 9.11. The third-order valence-corrected chi connectivity index (χ3v) is 3.49. The van der Waals surface area contributed by atoms with E-state index in [2.05, 4.69) is 16.9 Å². The predicted octanol–water partition coefficient (Wildman–Crippen LogP) is 5.10. The van der Waals surface area contributed by atoms with E-state index in [9.17, 15) is 0 Å². The number of nitrogens with zero attached hydrogens (tertiary/aromatic N) is 2. The minimum atomic E-state index is 0.531. The highest BCUT2D eigenvalue weighted by molar-refractivity contribution is 5.61. The Morgan fingerprint density at radius 3 is 1.88 bits per heavy atom. The Labute approximate surface area is 154 Å². The first-order valence-electron chi connectivity index (χ1n) is 9.24. The van der Waals surface area contributed by atoms with Crippen molar-refractivity contribution in [2.24, 2.45) is 0 Å². The number of aromatic nitrogens is 1. The summed E-state index contributed by atoms with van der Waals surface area (Å²) in [6.07, 6.45) is 2.83. The summed E-state index contributed by atoms with van der Waals surface area (Å²) in [5.41, 5.74) is 7.52. The van der Waals surface area contributed by atoms with E-state index in [0.29, 0.717) is 5.82 Å². The van der Waals surface area contributed by atoms with Gasteiger partial charge in [-0.25, -0.2) is 4.98 Å². The Morgan fingerprint density at radius 2 is 1.48 bits per heavy atom. The minimum Gasteiger partial charge on any atom is -0.497 e. The Bertz CT molecular complexity index is 549. The number of hydrogen-bond donors (Lipinski definition) is 1. The number of nitrogen functional groups attached to an aromatic ring is 1. The number of likely N-dealkylation sites (tertiary alicyclic amines) is 1. The van der Waals surface area contributed by atoms with E-state index >= 15 is 0 Å². The van der Waals surface area contributed by atoms with Crippen LogP contribution in [-0.2, 0) is 0 Å². The standard InChI is InChI=1S/C12H12N2O.C5H11N.2C2H6/c1-15-10-7-5-9(6-8-10)11-3-2-4-12(13)14-11;1-6-4-2-3-5-6;2*1-2/h2-8H,1H3,(H2,13,14);2-5H2,1H3;2*1-2H3. The summed E-state index contributed by atoms with van der Waals surface area (Å²) in [5, 5.41) is 0. The second-order valence-electron chi connectivity index (χ2n) is 5.19. The maximum Gasteiger partial charge on any atom is 0.124 e. The van der Waals surface area contributed by atoms with Gasteiger partial charge in [0.15, 0.2) is 0 Å². The lowest BCUT2D eigenvalue weighted by Crippen LogP contribution is -2.10. The lowest BCUT2D eigenvalue weighted by molar-refractivity contribution is 0.415. The van der Waals surface area contributed by atoms with Gasteiger partial charge in [0.1, 0.15) is 11.6 Å². The van der Waals surface area contributed by atoms with Crippen molar-refractivity contribution >= 4 is 5.82 Å². The van der Waals surface area contributed by atoms with Crippen molar-refractivity contribution in [2.75, 3.05) is 33.0 Å². The molecule has 0 radical (unpaired) electrons. The number of pyridine rings is 1. The number of ether oxygens (including phenoxy) is 1. The van der Waals surface area contributed by atoms with Crippen LogP contribution in [0.2, 0.25) is 0 Å². The van der Waals surface area contributed by atoms with Gasteiger partial charge in [-0.2, -0.15) is 0 Å². The van der Waals surface area contributed by atoms with Gasteiger partial charge in [0.05, 0.1) is 12.8 Å². The van der Waals surface area contributed by atoms with Crippen LogP contribution in [0.25, 0.3) is 11.3 Å². The molecule has 2 aromatic rings. The van der Waals surface area contributed by atoms with E-state index in [0.717, 1.165) is 17.0 Å². The van der Waals surface area contributed by atoms with Crippen LogP contribution in [0.3, 0.4) is 0 Å². The van der Waals surface area contributed by atoms with Crippen LogP contribution in [0.5, 0.6) is 5.75 Å². The molecular weight excluding hydrogens is 310 g/mol. The van der Waals surface area contributed by atoms with Crippen molar-refractivity contribution in [3.05, 3.63) is 42.5 Å². The molecular formula is C21H35N3O. The van der Waals surface area contributed by atoms with Gasteiger partial charge in [0.25, 0.3) is 0 Å². The minimum absolute atomic E-state index is 0.531. The predicted molar refractivity (Wildman–Crippen MR) is 110 cm³/mol. The maximum absolute atomic E-state index is 5.62. The lowest BCUT2D eigenvalue weighted by atomic mass is 10.1. The number of anilines is 1. The SMILES string of the molecule is CC.CC.CN1CCCC1.COc1ccc(-c2cccc(N)n2)cc1. The summed E-state index contributed by atoms with van der Waals surface area (Å²) in [6.45, 7) is 10.6. The highest BCUT2D eigenvalue weighted by atomic mass is 16.5. The van der Waals surface area contributed by atoms with E-state index < -0.39 is 0 Å². The van der Waals surface area contributed by atoms with Gasteiger partial charge >= 0.3 is 0 Å². The highest BCUT2D eigenvalue weighted by Gasteiger charge is 2.03. The molecule has 0 atom stereocenters. The molecule has 0 bridgehead atoms. The van der Waals surface area contributed by atoms with Gasteiger partial charge < -0.3 is 15.4 Å². The summed E-state index contributed by atoms with van der Waals surface area (Å²) in [7, 11) is 3.82. The molecule has 2 N–H and O–H groups in total. The molecule has 0 amide bonds. The molecule has 1 aromatic heterocycles. The largest absolute Gasteiger partial charge is 0.497 e. The molecule has 0 aliphatic carbocycles. The fourth-order valence-electron chi connectivity index (χ4n) is 2.25. The van der Waals surface area contributed by atoms with E-state index in [1.165, 1.54) is 25.9 Å². The monoisotopic (exact) mass is 345 g/mol. The number of rotatable bonds is 2. The van der Waals surface area contributed by atoms with Gasteiger partial charge in [-0.1, -0.05) is 33.8 Å². The van der Waals surface area contributed by atoms with Crippen molar-refractivity contribution < 1.29 is 4.74 Å². The average molecular weight is 346 g/mol. The van der Waals surface area contributed by atoms with E-state index in [1.54, 1.807) is 13.2 Å². The molecule has 0 unspecified atom stereocenters.